The van der Waals surface area contributed by atoms with E-state index in [9.17, 15) is 4.79 Å². The minimum absolute atomic E-state index is 0.105. The number of carbonyl (C=O) groups is 1. The minimum Gasteiger partial charge on any atom is -0.356 e. The SMILES string of the molecule is NOCC1CCNC(=O)C1. The second-order valence-corrected chi connectivity index (χ2v) is 2.54. The lowest BCUT2D eigenvalue weighted by Crippen LogP contribution is -2.35. The number of piperidine rings is 1. The largest absolute Gasteiger partial charge is 0.356 e. The second-order valence-electron chi connectivity index (χ2n) is 2.54. The highest BCUT2D eigenvalue weighted by Crippen LogP contribution is 2.11. The summed E-state index contributed by atoms with van der Waals surface area (Å²) in [6.07, 6.45) is 1.53. The van der Waals surface area contributed by atoms with Gasteiger partial charge in [0.1, 0.15) is 0 Å². The Bertz CT molecular complexity index is 125. The number of hydrogen-bond donors (Lipinski definition) is 2. The van der Waals surface area contributed by atoms with Gasteiger partial charge in [0, 0.05) is 13.0 Å². The van der Waals surface area contributed by atoms with Crippen molar-refractivity contribution in [2.24, 2.45) is 11.8 Å². The fraction of sp³-hybridized carbons (Fsp3) is 0.833. The molecule has 1 rings (SSSR count). The van der Waals surface area contributed by atoms with Crippen molar-refractivity contribution in [3.63, 3.8) is 0 Å². The van der Waals surface area contributed by atoms with Gasteiger partial charge in [0.2, 0.25) is 5.91 Å². The van der Waals surface area contributed by atoms with Crippen LogP contribution >= 0.6 is 0 Å². The fourth-order valence-electron chi connectivity index (χ4n) is 1.13. The zero-order chi connectivity index (χ0) is 7.40. The predicted octanol–water partition coefficient (Wildman–Crippen LogP) is -0.597. The molecular weight excluding hydrogens is 132 g/mol. The molecule has 1 heterocycles. The van der Waals surface area contributed by atoms with Crippen LogP contribution in [0, 0.1) is 5.92 Å². The highest BCUT2D eigenvalue weighted by atomic mass is 16.6. The van der Waals surface area contributed by atoms with Crippen LogP contribution in [-0.2, 0) is 9.63 Å². The van der Waals surface area contributed by atoms with Gasteiger partial charge in [0.25, 0.3) is 0 Å². The van der Waals surface area contributed by atoms with E-state index in [1.165, 1.54) is 0 Å². The van der Waals surface area contributed by atoms with Gasteiger partial charge in [-0.3, -0.25) is 4.79 Å². The summed E-state index contributed by atoms with van der Waals surface area (Å²) in [5.74, 6) is 5.30. The molecule has 0 bridgehead atoms. The van der Waals surface area contributed by atoms with Gasteiger partial charge in [-0.1, -0.05) is 0 Å². The quantitative estimate of drug-likeness (QED) is 0.509. The maximum atomic E-state index is 10.7. The molecule has 0 aromatic rings. The summed E-state index contributed by atoms with van der Waals surface area (Å²) in [7, 11) is 0. The van der Waals surface area contributed by atoms with Crippen LogP contribution in [0.1, 0.15) is 12.8 Å². The smallest absolute Gasteiger partial charge is 0.220 e. The lowest BCUT2D eigenvalue weighted by Gasteiger charge is -2.20. The third-order valence-corrected chi connectivity index (χ3v) is 1.68. The molecule has 3 N–H and O–H groups in total. The van der Waals surface area contributed by atoms with Crippen molar-refractivity contribution >= 4 is 5.91 Å². The van der Waals surface area contributed by atoms with Crippen LogP contribution in [0.4, 0.5) is 0 Å². The molecule has 1 aliphatic rings. The van der Waals surface area contributed by atoms with Crippen LogP contribution in [0.25, 0.3) is 0 Å². The average Bonchev–Trinajstić information content (AvgIpc) is 1.88. The lowest BCUT2D eigenvalue weighted by atomic mass is 9.99. The minimum atomic E-state index is 0.105. The summed E-state index contributed by atoms with van der Waals surface area (Å²) in [5.41, 5.74) is 0. The third kappa shape index (κ3) is 1.97. The molecule has 1 unspecified atom stereocenters. The standard InChI is InChI=1S/C6H12N2O2/c7-10-4-5-1-2-8-6(9)3-5/h5H,1-4,7H2,(H,8,9). The molecule has 1 amide bonds. The maximum Gasteiger partial charge on any atom is 0.220 e. The van der Waals surface area contributed by atoms with Gasteiger partial charge in [-0.05, 0) is 12.3 Å². The van der Waals surface area contributed by atoms with E-state index in [-0.39, 0.29) is 5.91 Å². The number of nitrogens with one attached hydrogen (secondary N) is 1. The molecule has 10 heavy (non-hydrogen) atoms. The molecule has 1 atom stereocenters. The molecule has 4 nitrogen and oxygen atoms in total. The van der Waals surface area contributed by atoms with Gasteiger partial charge in [-0.15, -0.1) is 0 Å². The second kappa shape index (κ2) is 3.53. The molecule has 0 saturated carbocycles. The zero-order valence-corrected chi connectivity index (χ0v) is 5.80. The summed E-state index contributed by atoms with van der Waals surface area (Å²) in [4.78, 5) is 15.2. The number of nitrogens with two attached hydrogens (primary N) is 1. The first-order chi connectivity index (χ1) is 4.83. The van der Waals surface area contributed by atoms with Crippen molar-refractivity contribution in [2.75, 3.05) is 13.2 Å². The van der Waals surface area contributed by atoms with E-state index < -0.39 is 0 Å². The predicted molar refractivity (Wildman–Crippen MR) is 35.9 cm³/mol. The number of hydrogen-bond acceptors (Lipinski definition) is 3. The first-order valence-electron chi connectivity index (χ1n) is 3.41. The Morgan fingerprint density at radius 1 is 1.80 bits per heavy atom. The summed E-state index contributed by atoms with van der Waals surface area (Å²) in [5, 5.41) is 2.74. The Labute approximate surface area is 59.7 Å². The molecule has 0 spiro atoms. The Hall–Kier alpha value is -0.610. The lowest BCUT2D eigenvalue weighted by molar-refractivity contribution is -0.124. The number of rotatable bonds is 2. The van der Waals surface area contributed by atoms with Crippen molar-refractivity contribution < 1.29 is 9.63 Å². The van der Waals surface area contributed by atoms with Gasteiger partial charge >= 0.3 is 0 Å². The normalized spacial score (nSPS) is 26.1. The average molecular weight is 144 g/mol. The van der Waals surface area contributed by atoms with Crippen LogP contribution in [0.3, 0.4) is 0 Å². The highest BCUT2D eigenvalue weighted by molar-refractivity contribution is 5.76. The van der Waals surface area contributed by atoms with Crippen molar-refractivity contribution in [2.45, 2.75) is 12.8 Å². The van der Waals surface area contributed by atoms with Gasteiger partial charge in [0.15, 0.2) is 0 Å². The Balaban J connectivity index is 2.25. The van der Waals surface area contributed by atoms with Crippen molar-refractivity contribution in [1.82, 2.24) is 5.32 Å². The Kier molecular flexibility index (Phi) is 2.65. The molecule has 1 saturated heterocycles. The maximum absolute atomic E-state index is 10.7. The van der Waals surface area contributed by atoms with Crippen LogP contribution < -0.4 is 11.2 Å². The van der Waals surface area contributed by atoms with Crippen LogP contribution in [0.5, 0.6) is 0 Å². The van der Waals surface area contributed by atoms with Crippen LogP contribution in [-0.4, -0.2) is 19.1 Å². The topological polar surface area (TPSA) is 64.3 Å². The molecule has 0 aromatic carbocycles. The number of amides is 1. The van der Waals surface area contributed by atoms with E-state index >= 15 is 0 Å². The van der Waals surface area contributed by atoms with Gasteiger partial charge in [0.05, 0.1) is 6.61 Å². The molecule has 4 heteroatoms. The monoisotopic (exact) mass is 144 g/mol. The molecule has 1 fully saturated rings. The molecule has 0 aliphatic carbocycles. The Morgan fingerprint density at radius 2 is 2.60 bits per heavy atom. The summed E-state index contributed by atoms with van der Waals surface area (Å²) < 4.78 is 0. The molecule has 58 valence electrons. The summed E-state index contributed by atoms with van der Waals surface area (Å²) in [6, 6.07) is 0. The van der Waals surface area contributed by atoms with Gasteiger partial charge in [-0.2, -0.15) is 0 Å². The fourth-order valence-corrected chi connectivity index (χ4v) is 1.13. The number of carbonyl (C=O) groups excluding carboxylic acids is 1. The molecular formula is C6H12N2O2. The van der Waals surface area contributed by atoms with Gasteiger partial charge < -0.3 is 10.2 Å². The summed E-state index contributed by atoms with van der Waals surface area (Å²) >= 11 is 0. The molecule has 1 aliphatic heterocycles. The van der Waals surface area contributed by atoms with Crippen LogP contribution in [0.15, 0.2) is 0 Å². The third-order valence-electron chi connectivity index (χ3n) is 1.68. The van der Waals surface area contributed by atoms with Crippen molar-refractivity contribution in [1.29, 1.82) is 0 Å². The summed E-state index contributed by atoms with van der Waals surface area (Å²) in [6.45, 7) is 1.25. The Morgan fingerprint density at radius 3 is 3.20 bits per heavy atom. The van der Waals surface area contributed by atoms with E-state index in [1.807, 2.05) is 0 Å². The highest BCUT2D eigenvalue weighted by Gasteiger charge is 2.18. The van der Waals surface area contributed by atoms with E-state index in [0.717, 1.165) is 13.0 Å². The van der Waals surface area contributed by atoms with E-state index in [1.54, 1.807) is 0 Å². The van der Waals surface area contributed by atoms with E-state index in [4.69, 9.17) is 5.90 Å². The first kappa shape index (κ1) is 7.50. The molecule has 0 aromatic heterocycles. The van der Waals surface area contributed by atoms with Crippen molar-refractivity contribution in [3.8, 4) is 0 Å². The van der Waals surface area contributed by atoms with Crippen molar-refractivity contribution in [3.05, 3.63) is 0 Å². The van der Waals surface area contributed by atoms with Crippen LogP contribution in [0.2, 0.25) is 0 Å². The van der Waals surface area contributed by atoms with Gasteiger partial charge in [-0.25, -0.2) is 5.90 Å². The molecule has 0 radical (unpaired) electrons. The first-order valence-corrected chi connectivity index (χ1v) is 3.41. The zero-order valence-electron chi connectivity index (χ0n) is 5.80. The van der Waals surface area contributed by atoms with E-state index in [0.29, 0.717) is 18.9 Å². The van der Waals surface area contributed by atoms with E-state index in [2.05, 4.69) is 10.2 Å².